The van der Waals surface area contributed by atoms with E-state index in [1.807, 2.05) is 17.0 Å². The van der Waals surface area contributed by atoms with E-state index in [9.17, 15) is 18.0 Å². The van der Waals surface area contributed by atoms with E-state index in [4.69, 9.17) is 9.47 Å². The third-order valence-corrected chi connectivity index (χ3v) is 5.52. The summed E-state index contributed by atoms with van der Waals surface area (Å²) in [6.07, 6.45) is -2.32. The molecule has 0 atom stereocenters. The van der Waals surface area contributed by atoms with Crippen molar-refractivity contribution in [2.45, 2.75) is 25.6 Å². The number of alkyl halides is 3. The molecule has 3 rings (SSSR count). The normalized spacial score (nSPS) is 15.0. The first-order valence-electron chi connectivity index (χ1n) is 9.97. The van der Waals surface area contributed by atoms with Gasteiger partial charge in [-0.1, -0.05) is 0 Å². The van der Waals surface area contributed by atoms with Crippen molar-refractivity contribution in [2.75, 3.05) is 39.3 Å². The van der Waals surface area contributed by atoms with Gasteiger partial charge in [0, 0.05) is 50.4 Å². The summed E-state index contributed by atoms with van der Waals surface area (Å²) in [5, 5.41) is 0. The number of methoxy groups -OCH3 is 2. The number of ether oxygens (including phenoxy) is 2. The lowest BCUT2D eigenvalue weighted by molar-refractivity contribution is -0.138. The van der Waals surface area contributed by atoms with Gasteiger partial charge in [-0.3, -0.25) is 4.79 Å². The molecule has 1 aromatic carbocycles. The maximum Gasteiger partial charge on any atom is 0.417 e. The summed E-state index contributed by atoms with van der Waals surface area (Å²) in [7, 11) is 4.91. The Bertz CT molecular complexity index is 895. The number of pyridine rings is 1. The maximum absolute atomic E-state index is 12.9. The molecule has 168 valence electrons. The van der Waals surface area contributed by atoms with Crippen LogP contribution in [0.4, 0.5) is 19.0 Å². The SMILES string of the molecule is COc1ccc(CN(C)C(=O)C2CCN(c3ccc(C(F)(F)F)cn3)CC2)c(OC)c1. The number of piperidine rings is 1. The third kappa shape index (κ3) is 5.39. The highest BCUT2D eigenvalue weighted by molar-refractivity contribution is 5.79. The Balaban J connectivity index is 1.57. The molecule has 31 heavy (non-hydrogen) atoms. The second-order valence-electron chi connectivity index (χ2n) is 7.54. The molecular weight excluding hydrogens is 411 g/mol. The zero-order chi connectivity index (χ0) is 22.6. The zero-order valence-corrected chi connectivity index (χ0v) is 17.8. The number of rotatable bonds is 6. The minimum atomic E-state index is -4.40. The van der Waals surface area contributed by atoms with Crippen LogP contribution in [0.3, 0.4) is 0 Å². The third-order valence-electron chi connectivity index (χ3n) is 5.52. The van der Waals surface area contributed by atoms with Gasteiger partial charge in [0.25, 0.3) is 0 Å². The number of carbonyl (C=O) groups is 1. The Kier molecular flexibility index (Phi) is 6.92. The van der Waals surface area contributed by atoms with Gasteiger partial charge in [-0.05, 0) is 37.1 Å². The molecule has 2 heterocycles. The van der Waals surface area contributed by atoms with E-state index < -0.39 is 11.7 Å². The van der Waals surface area contributed by atoms with Gasteiger partial charge < -0.3 is 19.3 Å². The highest BCUT2D eigenvalue weighted by Crippen LogP contribution is 2.31. The molecule has 1 aromatic heterocycles. The molecule has 0 bridgehead atoms. The Morgan fingerprint density at radius 2 is 1.87 bits per heavy atom. The van der Waals surface area contributed by atoms with Crippen LogP contribution in [0.1, 0.15) is 24.0 Å². The van der Waals surface area contributed by atoms with Gasteiger partial charge in [0.2, 0.25) is 5.91 Å². The van der Waals surface area contributed by atoms with Gasteiger partial charge in [-0.2, -0.15) is 13.2 Å². The molecule has 0 spiro atoms. The van der Waals surface area contributed by atoms with Crippen molar-refractivity contribution in [1.82, 2.24) is 9.88 Å². The van der Waals surface area contributed by atoms with Crippen molar-refractivity contribution in [3.05, 3.63) is 47.7 Å². The van der Waals surface area contributed by atoms with Gasteiger partial charge in [-0.15, -0.1) is 0 Å². The molecule has 1 fully saturated rings. The van der Waals surface area contributed by atoms with E-state index in [1.54, 1.807) is 32.2 Å². The quantitative estimate of drug-likeness (QED) is 0.684. The van der Waals surface area contributed by atoms with E-state index in [1.165, 1.54) is 6.07 Å². The summed E-state index contributed by atoms with van der Waals surface area (Å²) in [5.74, 6) is 1.73. The summed E-state index contributed by atoms with van der Waals surface area (Å²) >= 11 is 0. The highest BCUT2D eigenvalue weighted by atomic mass is 19.4. The molecule has 0 N–H and O–H groups in total. The van der Waals surface area contributed by atoms with Crippen molar-refractivity contribution >= 4 is 11.7 Å². The zero-order valence-electron chi connectivity index (χ0n) is 17.8. The second-order valence-corrected chi connectivity index (χ2v) is 7.54. The first-order chi connectivity index (χ1) is 14.7. The van der Waals surface area contributed by atoms with Crippen molar-refractivity contribution in [3.8, 4) is 11.5 Å². The molecule has 0 radical (unpaired) electrons. The molecule has 1 amide bonds. The van der Waals surface area contributed by atoms with E-state index in [2.05, 4.69) is 4.98 Å². The minimum Gasteiger partial charge on any atom is -0.497 e. The van der Waals surface area contributed by atoms with Crippen molar-refractivity contribution in [3.63, 3.8) is 0 Å². The van der Waals surface area contributed by atoms with E-state index in [0.29, 0.717) is 49.8 Å². The predicted molar refractivity (Wildman–Crippen MR) is 110 cm³/mol. The monoisotopic (exact) mass is 437 g/mol. The Hall–Kier alpha value is -2.97. The van der Waals surface area contributed by atoms with Crippen LogP contribution in [0.25, 0.3) is 0 Å². The number of carbonyl (C=O) groups excluding carboxylic acids is 1. The van der Waals surface area contributed by atoms with Crippen molar-refractivity contribution < 1.29 is 27.4 Å². The molecule has 1 saturated heterocycles. The summed E-state index contributed by atoms with van der Waals surface area (Å²) in [6.45, 7) is 1.54. The molecule has 0 aliphatic carbocycles. The van der Waals surface area contributed by atoms with Crippen LogP contribution in [-0.4, -0.2) is 50.1 Å². The van der Waals surface area contributed by atoms with Gasteiger partial charge in [0.15, 0.2) is 0 Å². The number of nitrogens with zero attached hydrogens (tertiary/aromatic N) is 3. The van der Waals surface area contributed by atoms with Crippen molar-refractivity contribution in [2.24, 2.45) is 5.92 Å². The summed E-state index contributed by atoms with van der Waals surface area (Å²) in [6, 6.07) is 7.90. The number of halogens is 3. The van der Waals surface area contributed by atoms with Gasteiger partial charge >= 0.3 is 6.18 Å². The first-order valence-corrected chi connectivity index (χ1v) is 9.97. The molecule has 1 aliphatic heterocycles. The number of hydrogen-bond acceptors (Lipinski definition) is 5. The number of anilines is 1. The van der Waals surface area contributed by atoms with Gasteiger partial charge in [0.1, 0.15) is 17.3 Å². The fourth-order valence-electron chi connectivity index (χ4n) is 3.72. The van der Waals surface area contributed by atoms with Gasteiger partial charge in [-0.25, -0.2) is 4.98 Å². The van der Waals surface area contributed by atoms with Crippen LogP contribution < -0.4 is 14.4 Å². The summed E-state index contributed by atoms with van der Waals surface area (Å²) in [5.41, 5.74) is 0.113. The predicted octanol–water partition coefficient (Wildman–Crippen LogP) is 3.99. The molecular formula is C22H26F3N3O3. The number of hydrogen-bond donors (Lipinski definition) is 0. The lowest BCUT2D eigenvalue weighted by atomic mass is 9.95. The Labute approximate surface area is 179 Å². The largest absolute Gasteiger partial charge is 0.497 e. The van der Waals surface area contributed by atoms with Crippen LogP contribution in [0.15, 0.2) is 36.5 Å². The standard InChI is InChI=1S/C22H26F3N3O3/c1-27(14-16-4-6-18(30-2)12-19(16)31-3)21(29)15-8-10-28(11-9-15)20-7-5-17(13-26-20)22(23,24)25/h4-7,12-13,15H,8-11,14H2,1-3H3. The highest BCUT2D eigenvalue weighted by Gasteiger charge is 2.32. The number of benzene rings is 1. The topological polar surface area (TPSA) is 54.9 Å². The number of aromatic nitrogens is 1. The van der Waals surface area contributed by atoms with Crippen LogP contribution in [0.5, 0.6) is 11.5 Å². The molecule has 9 heteroatoms. The fraction of sp³-hybridized carbons (Fsp3) is 0.455. The van der Waals surface area contributed by atoms with Crippen LogP contribution in [0.2, 0.25) is 0 Å². The maximum atomic E-state index is 12.9. The first kappa shape index (κ1) is 22.7. The number of amides is 1. The molecule has 0 saturated carbocycles. The summed E-state index contributed by atoms with van der Waals surface area (Å²) < 4.78 is 48.7. The fourth-order valence-corrected chi connectivity index (χ4v) is 3.72. The molecule has 2 aromatic rings. The smallest absolute Gasteiger partial charge is 0.417 e. The second kappa shape index (κ2) is 9.45. The molecule has 0 unspecified atom stereocenters. The van der Waals surface area contributed by atoms with E-state index in [0.717, 1.165) is 17.8 Å². The average Bonchev–Trinajstić information content (AvgIpc) is 2.78. The summed E-state index contributed by atoms with van der Waals surface area (Å²) in [4.78, 5) is 20.5. The Morgan fingerprint density at radius 3 is 2.42 bits per heavy atom. The van der Waals surface area contributed by atoms with Gasteiger partial charge in [0.05, 0.1) is 19.8 Å². The van der Waals surface area contributed by atoms with Crippen LogP contribution >= 0.6 is 0 Å². The van der Waals surface area contributed by atoms with E-state index >= 15 is 0 Å². The average molecular weight is 437 g/mol. The minimum absolute atomic E-state index is 0.0397. The lowest BCUT2D eigenvalue weighted by Gasteiger charge is -2.34. The Morgan fingerprint density at radius 1 is 1.16 bits per heavy atom. The van der Waals surface area contributed by atoms with Crippen LogP contribution in [-0.2, 0) is 17.5 Å². The van der Waals surface area contributed by atoms with E-state index in [-0.39, 0.29) is 11.8 Å². The van der Waals surface area contributed by atoms with Crippen LogP contribution in [0, 0.1) is 5.92 Å². The van der Waals surface area contributed by atoms with Crippen molar-refractivity contribution in [1.29, 1.82) is 0 Å². The molecule has 6 nitrogen and oxygen atoms in total. The lowest BCUT2D eigenvalue weighted by Crippen LogP contribution is -2.41. The molecule has 1 aliphatic rings.